The number of nitrogens with zero attached hydrogens (tertiary/aromatic N) is 2. The molecule has 1 unspecified atom stereocenters. The highest BCUT2D eigenvalue weighted by atomic mass is 35.5. The fraction of sp³-hybridized carbons (Fsp3) is 0.360. The second-order valence-corrected chi connectivity index (χ2v) is 9.68. The maximum absolute atomic E-state index is 13.3. The molecule has 1 fully saturated rings. The number of hydrogen-bond donors (Lipinski definition) is 1. The number of fused-ring (bicyclic) bond motifs is 1. The average Bonchev–Trinajstić information content (AvgIpc) is 3.29. The standard InChI is InChI=1S/C25H26ClN3O3S/c1-31-22-14-19(8-4-16(22)5-9-20-15-27-11-13-32-20)29-12-10-21-23(25(29)30)33-24(28-21)17-2-6-18(26)7-3-17/h2-4,6-8,14,20,27H,5,9-13,15H2,1H3. The number of carbonyl (C=O) groups excluding carboxylic acids is 1. The molecule has 172 valence electrons. The van der Waals surface area contributed by atoms with Crippen molar-refractivity contribution in [1.29, 1.82) is 0 Å². The molecule has 0 saturated carbocycles. The number of nitrogens with one attached hydrogen (secondary N) is 1. The Morgan fingerprint density at radius 2 is 2.12 bits per heavy atom. The maximum atomic E-state index is 13.3. The van der Waals surface area contributed by atoms with Gasteiger partial charge in [0.05, 0.1) is 25.5 Å². The summed E-state index contributed by atoms with van der Waals surface area (Å²) in [6.07, 6.45) is 2.75. The monoisotopic (exact) mass is 483 g/mol. The summed E-state index contributed by atoms with van der Waals surface area (Å²) in [4.78, 5) is 20.6. The first-order valence-electron chi connectivity index (χ1n) is 11.2. The van der Waals surface area contributed by atoms with Crippen LogP contribution in [-0.2, 0) is 17.6 Å². The minimum absolute atomic E-state index is 0.00885. The van der Waals surface area contributed by atoms with E-state index in [1.54, 1.807) is 7.11 Å². The Bertz CT molecular complexity index is 1140. The second kappa shape index (κ2) is 9.81. The molecule has 3 heterocycles. The molecule has 0 spiro atoms. The number of benzene rings is 2. The van der Waals surface area contributed by atoms with Gasteiger partial charge in [-0.05, 0) is 36.6 Å². The van der Waals surface area contributed by atoms with Crippen molar-refractivity contribution in [1.82, 2.24) is 10.3 Å². The maximum Gasteiger partial charge on any atom is 0.270 e. The van der Waals surface area contributed by atoms with Gasteiger partial charge in [0.1, 0.15) is 15.6 Å². The van der Waals surface area contributed by atoms with Crippen molar-refractivity contribution >= 4 is 34.5 Å². The summed E-state index contributed by atoms with van der Waals surface area (Å²) in [6.45, 7) is 3.16. The Hall–Kier alpha value is -2.45. The van der Waals surface area contributed by atoms with E-state index >= 15 is 0 Å². The first-order valence-corrected chi connectivity index (χ1v) is 12.4. The number of methoxy groups -OCH3 is 1. The average molecular weight is 484 g/mol. The van der Waals surface area contributed by atoms with Crippen LogP contribution in [-0.4, -0.2) is 50.3 Å². The molecule has 2 aliphatic rings. The van der Waals surface area contributed by atoms with Crippen molar-refractivity contribution in [2.45, 2.75) is 25.4 Å². The number of ether oxygens (including phenoxy) is 2. The number of anilines is 1. The molecule has 1 amide bonds. The van der Waals surface area contributed by atoms with Crippen molar-refractivity contribution in [2.75, 3.05) is 38.3 Å². The topological polar surface area (TPSA) is 63.7 Å². The summed E-state index contributed by atoms with van der Waals surface area (Å²) in [5.41, 5.74) is 3.82. The molecular weight excluding hydrogens is 458 g/mol. The third kappa shape index (κ3) is 4.77. The normalized spacial score (nSPS) is 18.3. The SMILES string of the molecule is COc1cc(N2CCc3nc(-c4ccc(Cl)cc4)sc3C2=O)ccc1CCC1CNCCO1. The minimum atomic E-state index is -0.00885. The molecule has 1 aromatic heterocycles. The van der Waals surface area contributed by atoms with E-state index in [2.05, 4.69) is 11.4 Å². The number of morpholine rings is 1. The van der Waals surface area contributed by atoms with Crippen LogP contribution in [0, 0.1) is 0 Å². The zero-order valence-electron chi connectivity index (χ0n) is 18.5. The van der Waals surface area contributed by atoms with E-state index < -0.39 is 0 Å². The second-order valence-electron chi connectivity index (χ2n) is 8.24. The minimum Gasteiger partial charge on any atom is -0.496 e. The summed E-state index contributed by atoms with van der Waals surface area (Å²) < 4.78 is 11.5. The van der Waals surface area contributed by atoms with Gasteiger partial charge in [-0.25, -0.2) is 4.98 Å². The molecule has 2 aliphatic heterocycles. The number of halogens is 1. The molecule has 1 N–H and O–H groups in total. The van der Waals surface area contributed by atoms with E-state index in [1.807, 2.05) is 41.3 Å². The van der Waals surface area contributed by atoms with Crippen molar-refractivity contribution in [3.8, 4) is 16.3 Å². The molecule has 3 aromatic rings. The lowest BCUT2D eigenvalue weighted by atomic mass is 10.0. The van der Waals surface area contributed by atoms with Gasteiger partial charge < -0.3 is 19.7 Å². The van der Waals surface area contributed by atoms with Crippen LogP contribution in [0.25, 0.3) is 10.6 Å². The molecular formula is C25H26ClN3O3S. The van der Waals surface area contributed by atoms with E-state index in [0.29, 0.717) is 16.4 Å². The van der Waals surface area contributed by atoms with Crippen LogP contribution >= 0.6 is 22.9 Å². The van der Waals surface area contributed by atoms with E-state index in [4.69, 9.17) is 26.1 Å². The summed E-state index contributed by atoms with van der Waals surface area (Å²) in [7, 11) is 1.68. The van der Waals surface area contributed by atoms with Crippen molar-refractivity contribution in [2.24, 2.45) is 0 Å². The molecule has 6 nitrogen and oxygen atoms in total. The first kappa shape index (κ1) is 22.3. The summed E-state index contributed by atoms with van der Waals surface area (Å²) in [5.74, 6) is 0.798. The van der Waals surface area contributed by atoms with Crippen LogP contribution in [0.1, 0.15) is 27.3 Å². The number of thiazole rings is 1. The third-order valence-corrected chi connectivity index (χ3v) is 7.51. The molecule has 5 rings (SSSR count). The van der Waals surface area contributed by atoms with Gasteiger partial charge in [0.2, 0.25) is 0 Å². The molecule has 1 atom stereocenters. The van der Waals surface area contributed by atoms with Crippen molar-refractivity contribution < 1.29 is 14.3 Å². The van der Waals surface area contributed by atoms with E-state index in [9.17, 15) is 4.79 Å². The third-order valence-electron chi connectivity index (χ3n) is 6.12. The Labute approximate surface area is 202 Å². The number of hydrogen-bond acceptors (Lipinski definition) is 6. The summed E-state index contributed by atoms with van der Waals surface area (Å²) in [6, 6.07) is 13.6. The van der Waals surface area contributed by atoms with Gasteiger partial charge in [0.15, 0.2) is 0 Å². The number of rotatable bonds is 6. The predicted octanol–water partition coefficient (Wildman–Crippen LogP) is 4.60. The summed E-state index contributed by atoms with van der Waals surface area (Å²) in [5, 5.41) is 4.90. The van der Waals surface area contributed by atoms with Crippen LogP contribution in [0.5, 0.6) is 5.75 Å². The Kier molecular flexibility index (Phi) is 6.64. The van der Waals surface area contributed by atoms with Crippen LogP contribution in [0.3, 0.4) is 0 Å². The van der Waals surface area contributed by atoms with Gasteiger partial charge in [-0.2, -0.15) is 0 Å². The van der Waals surface area contributed by atoms with E-state index in [-0.39, 0.29) is 12.0 Å². The molecule has 2 aromatic carbocycles. The van der Waals surface area contributed by atoms with Crippen molar-refractivity contribution in [3.05, 3.63) is 63.6 Å². The highest BCUT2D eigenvalue weighted by Crippen LogP contribution is 2.35. The van der Waals surface area contributed by atoms with Crippen LogP contribution in [0.15, 0.2) is 42.5 Å². The number of aryl methyl sites for hydroxylation is 1. The fourth-order valence-corrected chi connectivity index (χ4v) is 5.51. The highest BCUT2D eigenvalue weighted by Gasteiger charge is 2.30. The molecule has 0 aliphatic carbocycles. The molecule has 0 radical (unpaired) electrons. The van der Waals surface area contributed by atoms with Crippen LogP contribution in [0.2, 0.25) is 5.02 Å². The van der Waals surface area contributed by atoms with Gasteiger partial charge in [-0.1, -0.05) is 29.8 Å². The Morgan fingerprint density at radius 1 is 1.27 bits per heavy atom. The first-order chi connectivity index (χ1) is 16.1. The highest BCUT2D eigenvalue weighted by molar-refractivity contribution is 7.17. The fourth-order valence-electron chi connectivity index (χ4n) is 4.32. The van der Waals surface area contributed by atoms with Gasteiger partial charge in [-0.3, -0.25) is 4.79 Å². The number of carbonyl (C=O) groups is 1. The van der Waals surface area contributed by atoms with Gasteiger partial charge >= 0.3 is 0 Å². The van der Waals surface area contributed by atoms with E-state index in [0.717, 1.165) is 72.2 Å². The molecule has 1 saturated heterocycles. The predicted molar refractivity (Wildman–Crippen MR) is 132 cm³/mol. The summed E-state index contributed by atoms with van der Waals surface area (Å²) >= 11 is 7.45. The van der Waals surface area contributed by atoms with Crippen molar-refractivity contribution in [3.63, 3.8) is 0 Å². The Balaban J connectivity index is 1.33. The van der Waals surface area contributed by atoms with Gasteiger partial charge in [0, 0.05) is 48.4 Å². The quantitative estimate of drug-likeness (QED) is 0.555. The molecule has 8 heteroatoms. The molecule has 0 bridgehead atoms. The number of amides is 1. The lowest BCUT2D eigenvalue weighted by molar-refractivity contribution is 0.0238. The lowest BCUT2D eigenvalue weighted by Gasteiger charge is -2.27. The van der Waals surface area contributed by atoms with Crippen LogP contribution < -0.4 is 15.0 Å². The largest absolute Gasteiger partial charge is 0.496 e. The number of aromatic nitrogens is 1. The Morgan fingerprint density at radius 3 is 2.88 bits per heavy atom. The smallest absolute Gasteiger partial charge is 0.270 e. The zero-order chi connectivity index (χ0) is 22.8. The van der Waals surface area contributed by atoms with Crippen LogP contribution in [0.4, 0.5) is 5.69 Å². The zero-order valence-corrected chi connectivity index (χ0v) is 20.0. The molecule has 33 heavy (non-hydrogen) atoms. The van der Waals surface area contributed by atoms with Gasteiger partial charge in [-0.15, -0.1) is 11.3 Å². The van der Waals surface area contributed by atoms with Gasteiger partial charge in [0.25, 0.3) is 5.91 Å². The lowest BCUT2D eigenvalue weighted by Crippen LogP contribution is -2.38. The van der Waals surface area contributed by atoms with E-state index in [1.165, 1.54) is 11.3 Å².